The van der Waals surface area contributed by atoms with Gasteiger partial charge in [0.15, 0.2) is 5.69 Å². The van der Waals surface area contributed by atoms with Crippen LogP contribution in [0.2, 0.25) is 0 Å². The van der Waals surface area contributed by atoms with Crippen LogP contribution in [-0.4, -0.2) is 34.7 Å². The Labute approximate surface area is 129 Å². The van der Waals surface area contributed by atoms with Crippen molar-refractivity contribution in [1.29, 1.82) is 0 Å². The summed E-state index contributed by atoms with van der Waals surface area (Å²) in [7, 11) is 1.53. The maximum atomic E-state index is 11.0. The summed E-state index contributed by atoms with van der Waals surface area (Å²) in [5.41, 5.74) is 6.96. The summed E-state index contributed by atoms with van der Waals surface area (Å²) < 4.78 is 21.5. The number of methoxy groups -OCH3 is 1. The number of hydrogen-bond acceptors (Lipinski definition) is 7. The van der Waals surface area contributed by atoms with Gasteiger partial charge in [0.25, 0.3) is 5.91 Å². The molecule has 0 bridgehead atoms. The third-order valence-corrected chi connectivity index (χ3v) is 3.23. The molecule has 1 aromatic carbocycles. The first-order valence-electron chi connectivity index (χ1n) is 7.63. The van der Waals surface area contributed by atoms with Crippen LogP contribution in [0.3, 0.4) is 0 Å². The number of hydrogen-bond donors (Lipinski definition) is 3. The van der Waals surface area contributed by atoms with Crippen molar-refractivity contribution in [2.75, 3.05) is 19.0 Å². The van der Waals surface area contributed by atoms with E-state index in [0.717, 1.165) is 5.56 Å². The molecule has 4 N–H and O–H groups in total. The Morgan fingerprint density at radius 2 is 2.32 bits per heavy atom. The quantitative estimate of drug-likeness (QED) is 0.747. The monoisotopic (exact) mass is 302 g/mol. The van der Waals surface area contributed by atoms with E-state index in [4.69, 9.17) is 13.2 Å². The van der Waals surface area contributed by atoms with E-state index in [9.17, 15) is 4.79 Å². The van der Waals surface area contributed by atoms with Gasteiger partial charge in [0.05, 0.1) is 19.0 Å². The van der Waals surface area contributed by atoms with Crippen LogP contribution >= 0.6 is 0 Å². The van der Waals surface area contributed by atoms with Gasteiger partial charge in [-0.25, -0.2) is 4.98 Å². The fourth-order valence-corrected chi connectivity index (χ4v) is 2.13. The van der Waals surface area contributed by atoms with Gasteiger partial charge in [0, 0.05) is 9.24 Å². The topological polar surface area (TPSA) is 115 Å². The first kappa shape index (κ1) is 11.9. The Bertz CT molecular complexity index is 782. The van der Waals surface area contributed by atoms with Crippen molar-refractivity contribution in [3.05, 3.63) is 35.2 Å². The van der Waals surface area contributed by atoms with Crippen LogP contribution in [0.1, 0.15) is 24.4 Å². The predicted molar refractivity (Wildman–Crippen MR) is 80.0 cm³/mol. The second-order valence-corrected chi connectivity index (χ2v) is 4.67. The summed E-state index contributed by atoms with van der Waals surface area (Å²) in [5.74, 6) is -0.0382. The highest BCUT2D eigenvalue weighted by atomic mass is 16.5. The Balaban J connectivity index is 1.96. The molecule has 1 aromatic heterocycles. The second-order valence-electron chi connectivity index (χ2n) is 4.67. The molecule has 0 saturated carbocycles. The van der Waals surface area contributed by atoms with Crippen LogP contribution in [0.4, 0.5) is 11.6 Å². The number of amides is 1. The van der Waals surface area contributed by atoms with E-state index in [1.807, 2.05) is 0 Å². The number of carbonyl (C=O) groups is 1. The van der Waals surface area contributed by atoms with E-state index >= 15 is 0 Å². The Morgan fingerprint density at radius 3 is 3.00 bits per heavy atom. The van der Waals surface area contributed by atoms with Crippen LogP contribution in [0.25, 0.3) is 0 Å². The lowest BCUT2D eigenvalue weighted by Gasteiger charge is -2.20. The first-order chi connectivity index (χ1) is 11.4. The maximum Gasteiger partial charge on any atom is 0.270 e. The van der Waals surface area contributed by atoms with Crippen LogP contribution in [0, 0.1) is 0 Å². The zero-order valence-corrected chi connectivity index (χ0v) is 11.9. The normalized spacial score (nSPS) is 17.0. The molecule has 22 heavy (non-hydrogen) atoms. The molecule has 0 spiro atoms. The van der Waals surface area contributed by atoms with Crippen LogP contribution in [0.5, 0.6) is 5.75 Å². The molecule has 0 saturated heterocycles. The number of nitrogens with one attached hydrogen (secondary N) is 2. The molecular weight excluding hydrogens is 284 g/mol. The van der Waals surface area contributed by atoms with Crippen LogP contribution in [0.15, 0.2) is 18.3 Å². The number of rotatable bonds is 4. The van der Waals surface area contributed by atoms with E-state index in [0.29, 0.717) is 30.0 Å². The van der Waals surface area contributed by atoms with Crippen LogP contribution in [-0.2, 0) is 12.9 Å². The third-order valence-electron chi connectivity index (χ3n) is 3.23. The molecule has 114 valence electrons. The molecule has 1 aliphatic heterocycles. The van der Waals surface area contributed by atoms with E-state index in [2.05, 4.69) is 25.8 Å². The molecule has 0 aliphatic carbocycles. The van der Waals surface area contributed by atoms with Gasteiger partial charge in [-0.2, -0.15) is 0 Å². The molecule has 0 fully saturated rings. The van der Waals surface area contributed by atoms with Gasteiger partial charge in [-0.3, -0.25) is 4.79 Å². The fourth-order valence-electron chi connectivity index (χ4n) is 2.13. The second kappa shape index (κ2) is 5.94. The van der Waals surface area contributed by atoms with Gasteiger partial charge < -0.3 is 21.1 Å². The van der Waals surface area contributed by atoms with Crippen molar-refractivity contribution in [1.82, 2.24) is 20.5 Å². The molecule has 3 rings (SSSR count). The Hall–Kier alpha value is -2.74. The predicted octanol–water partition coefficient (Wildman–Crippen LogP) is 0.368. The number of ether oxygens (including phenoxy) is 1. The van der Waals surface area contributed by atoms with E-state index < -0.39 is 12.4 Å². The number of primary amides is 1. The van der Waals surface area contributed by atoms with Crippen LogP contribution < -0.4 is 21.1 Å². The summed E-state index contributed by atoms with van der Waals surface area (Å²) in [4.78, 5) is 15.0. The molecule has 1 amide bonds. The standard InChI is InChI=1S/C14H16N6O2/c1-22-12-5-8-2-3-16-6-9(8)4-10(12)18-14-17-7-11(13(15)21)19-20-14/h4-5,7,16H,2-3,6H2,1H3,(H2,15,21)(H,17,18,20)/i6D2. The number of carbonyl (C=O) groups excluding carboxylic acids is 1. The largest absolute Gasteiger partial charge is 0.495 e. The summed E-state index contributed by atoms with van der Waals surface area (Å²) in [5, 5.41) is 13.2. The average Bonchev–Trinajstić information content (AvgIpc) is 2.55. The highest BCUT2D eigenvalue weighted by Crippen LogP contribution is 2.31. The molecule has 8 nitrogen and oxygen atoms in total. The molecule has 1 aliphatic rings. The van der Waals surface area contributed by atoms with Gasteiger partial charge in [-0.05, 0) is 36.2 Å². The third kappa shape index (κ3) is 2.82. The average molecular weight is 302 g/mol. The summed E-state index contributed by atoms with van der Waals surface area (Å²) in [6, 6.07) is 3.45. The van der Waals surface area contributed by atoms with Gasteiger partial charge >= 0.3 is 0 Å². The minimum Gasteiger partial charge on any atom is -0.495 e. The number of benzene rings is 1. The molecule has 0 unspecified atom stereocenters. The highest BCUT2D eigenvalue weighted by Gasteiger charge is 2.14. The van der Waals surface area contributed by atoms with Gasteiger partial charge in [-0.1, -0.05) is 0 Å². The van der Waals surface area contributed by atoms with Crippen molar-refractivity contribution < 1.29 is 12.3 Å². The number of nitrogens with two attached hydrogens (primary N) is 1. The van der Waals surface area contributed by atoms with E-state index in [1.165, 1.54) is 13.3 Å². The smallest absolute Gasteiger partial charge is 0.270 e. The van der Waals surface area contributed by atoms with Crippen molar-refractivity contribution in [2.24, 2.45) is 5.73 Å². The number of aromatic nitrogens is 3. The zero-order valence-electron chi connectivity index (χ0n) is 13.9. The lowest BCUT2D eigenvalue weighted by atomic mass is 10.00. The number of fused-ring (bicyclic) bond motifs is 1. The zero-order chi connectivity index (χ0) is 17.3. The molecule has 8 heteroatoms. The minimum absolute atomic E-state index is 0.0431. The van der Waals surface area contributed by atoms with Crippen molar-refractivity contribution >= 4 is 17.5 Å². The van der Waals surface area contributed by atoms with E-state index in [1.54, 1.807) is 12.1 Å². The Morgan fingerprint density at radius 1 is 1.45 bits per heavy atom. The first-order valence-corrected chi connectivity index (χ1v) is 6.63. The van der Waals surface area contributed by atoms with Crippen molar-refractivity contribution in [3.63, 3.8) is 0 Å². The summed E-state index contributed by atoms with van der Waals surface area (Å²) in [6.45, 7) is -1.08. The fraction of sp³-hybridized carbons (Fsp3) is 0.286. The highest BCUT2D eigenvalue weighted by molar-refractivity contribution is 5.90. The lowest BCUT2D eigenvalue weighted by molar-refractivity contribution is 0.0994. The summed E-state index contributed by atoms with van der Waals surface area (Å²) in [6.07, 6.45) is 1.92. The number of nitrogens with zero attached hydrogens (tertiary/aromatic N) is 3. The summed E-state index contributed by atoms with van der Waals surface area (Å²) >= 11 is 0. The molecule has 2 aromatic rings. The van der Waals surface area contributed by atoms with Crippen molar-refractivity contribution in [3.8, 4) is 5.75 Å². The molecule has 0 radical (unpaired) electrons. The SMILES string of the molecule is [2H]C1([2H])NCCc2cc(OC)c(Nc3ncc(C(N)=O)nn3)cc21. The number of anilines is 2. The molecular formula is C14H16N6O2. The minimum atomic E-state index is -1.63. The maximum absolute atomic E-state index is 11.0. The molecule has 2 heterocycles. The van der Waals surface area contributed by atoms with Crippen molar-refractivity contribution in [2.45, 2.75) is 12.9 Å². The molecule has 0 atom stereocenters. The van der Waals surface area contributed by atoms with Gasteiger partial charge in [-0.15, -0.1) is 10.2 Å². The van der Waals surface area contributed by atoms with E-state index in [-0.39, 0.29) is 11.6 Å². The Kier molecular flexibility index (Phi) is 3.21. The van der Waals surface area contributed by atoms with Gasteiger partial charge in [0.1, 0.15) is 5.75 Å². The van der Waals surface area contributed by atoms with Gasteiger partial charge in [0.2, 0.25) is 5.95 Å². The lowest BCUT2D eigenvalue weighted by Crippen LogP contribution is -2.23.